The number of nitro groups is 1. The van der Waals surface area contributed by atoms with Gasteiger partial charge in [-0.05, 0) is 38.2 Å². The van der Waals surface area contributed by atoms with Gasteiger partial charge in [-0.1, -0.05) is 11.8 Å². The zero-order valence-corrected chi connectivity index (χ0v) is 18.6. The van der Waals surface area contributed by atoms with E-state index in [1.807, 2.05) is 6.92 Å². The summed E-state index contributed by atoms with van der Waals surface area (Å²) in [5.41, 5.74) is 2.58. The van der Waals surface area contributed by atoms with Gasteiger partial charge in [0.1, 0.15) is 10.6 Å². The first kappa shape index (κ1) is 20.5. The van der Waals surface area contributed by atoms with Crippen LogP contribution in [0.3, 0.4) is 0 Å². The molecule has 0 atom stereocenters. The molecule has 2 aliphatic rings. The molecule has 3 heterocycles. The number of aryl methyl sites for hydroxylation is 2. The maximum absolute atomic E-state index is 13.3. The largest absolute Gasteiger partial charge is 0.467 e. The minimum Gasteiger partial charge on any atom is -0.467 e. The topological polar surface area (TPSA) is 96.5 Å². The van der Waals surface area contributed by atoms with E-state index in [0.717, 1.165) is 35.9 Å². The fourth-order valence-corrected chi connectivity index (χ4v) is 6.58. The number of ether oxygens (including phenoxy) is 2. The highest BCUT2D eigenvalue weighted by Gasteiger charge is 2.24. The van der Waals surface area contributed by atoms with Gasteiger partial charge in [0.2, 0.25) is 0 Å². The van der Waals surface area contributed by atoms with Crippen LogP contribution in [0, 0.1) is 10.1 Å². The molecule has 0 radical (unpaired) electrons. The third-order valence-corrected chi connectivity index (χ3v) is 7.91. The Morgan fingerprint density at radius 1 is 1.32 bits per heavy atom. The van der Waals surface area contributed by atoms with Crippen molar-refractivity contribution in [1.29, 1.82) is 0 Å². The summed E-state index contributed by atoms with van der Waals surface area (Å²) >= 11 is 3.04. The fourth-order valence-electron chi connectivity index (χ4n) is 4.24. The molecule has 3 aromatic rings. The molecule has 0 saturated carbocycles. The minimum atomic E-state index is -0.411. The second kappa shape index (κ2) is 8.25. The quantitative estimate of drug-likeness (QED) is 0.241. The van der Waals surface area contributed by atoms with Gasteiger partial charge in [-0.2, -0.15) is 0 Å². The van der Waals surface area contributed by atoms with Crippen molar-refractivity contribution < 1.29 is 14.4 Å². The molecule has 0 amide bonds. The van der Waals surface area contributed by atoms with Crippen molar-refractivity contribution in [3.8, 4) is 5.75 Å². The highest BCUT2D eigenvalue weighted by atomic mass is 32.2. The van der Waals surface area contributed by atoms with Crippen LogP contribution in [0.1, 0.15) is 41.3 Å². The molecule has 31 heavy (non-hydrogen) atoms. The monoisotopic (exact) mass is 459 g/mol. The zero-order chi connectivity index (χ0) is 21.5. The lowest BCUT2D eigenvalue weighted by Gasteiger charge is -2.20. The standard InChI is InChI=1S/C21H21N3O5S2/c1-2-23-20(25)17-15-5-3-4-6-16(15)31-19(17)22-21(23)30-10-13-8-14(24(26)27)7-12-9-28-11-29-18(12)13/h7-8H,2-6,9-11H2,1H3. The molecular formula is C21H21N3O5S2. The van der Waals surface area contributed by atoms with Gasteiger partial charge in [-0.15, -0.1) is 11.3 Å². The molecule has 1 aliphatic carbocycles. The lowest BCUT2D eigenvalue weighted by Crippen LogP contribution is -2.23. The van der Waals surface area contributed by atoms with E-state index in [1.54, 1.807) is 15.9 Å². The van der Waals surface area contributed by atoms with Crippen LogP contribution in [0.2, 0.25) is 0 Å². The Hall–Kier alpha value is -2.43. The van der Waals surface area contributed by atoms with Crippen molar-refractivity contribution >= 4 is 39.0 Å². The van der Waals surface area contributed by atoms with Crippen molar-refractivity contribution in [3.05, 3.63) is 54.2 Å². The van der Waals surface area contributed by atoms with E-state index in [9.17, 15) is 14.9 Å². The molecule has 10 heteroatoms. The number of rotatable bonds is 5. The van der Waals surface area contributed by atoms with Crippen LogP contribution in [0.15, 0.2) is 22.1 Å². The zero-order valence-electron chi connectivity index (χ0n) is 17.0. The van der Waals surface area contributed by atoms with Crippen molar-refractivity contribution in [2.45, 2.75) is 56.7 Å². The van der Waals surface area contributed by atoms with Gasteiger partial charge in [0.15, 0.2) is 11.9 Å². The molecule has 0 spiro atoms. The van der Waals surface area contributed by atoms with Gasteiger partial charge in [0, 0.05) is 40.4 Å². The number of hydrogen-bond donors (Lipinski definition) is 0. The third-order valence-electron chi connectivity index (χ3n) is 5.70. The van der Waals surface area contributed by atoms with Crippen LogP contribution in [0.4, 0.5) is 5.69 Å². The van der Waals surface area contributed by atoms with E-state index in [2.05, 4.69) is 0 Å². The molecule has 2 aromatic heterocycles. The van der Waals surface area contributed by atoms with Crippen molar-refractivity contribution in [2.75, 3.05) is 6.79 Å². The summed E-state index contributed by atoms with van der Waals surface area (Å²) in [7, 11) is 0. The lowest BCUT2D eigenvalue weighted by atomic mass is 9.97. The van der Waals surface area contributed by atoms with E-state index >= 15 is 0 Å². The van der Waals surface area contributed by atoms with Crippen molar-refractivity contribution in [2.24, 2.45) is 0 Å². The van der Waals surface area contributed by atoms with E-state index in [0.29, 0.717) is 34.3 Å². The van der Waals surface area contributed by atoms with Crippen molar-refractivity contribution in [1.82, 2.24) is 9.55 Å². The average molecular weight is 460 g/mol. The maximum atomic E-state index is 13.3. The number of nitro benzene ring substituents is 1. The number of non-ortho nitro benzene ring substituents is 1. The first-order valence-corrected chi connectivity index (χ1v) is 12.1. The Labute approximate surface area is 186 Å². The van der Waals surface area contributed by atoms with Crippen molar-refractivity contribution in [3.63, 3.8) is 0 Å². The first-order chi connectivity index (χ1) is 15.1. The Bertz CT molecular complexity index is 1250. The highest BCUT2D eigenvalue weighted by Crippen LogP contribution is 2.38. The summed E-state index contributed by atoms with van der Waals surface area (Å²) in [6.07, 6.45) is 4.23. The molecule has 1 aromatic carbocycles. The summed E-state index contributed by atoms with van der Waals surface area (Å²) in [6, 6.07) is 3.03. The van der Waals surface area contributed by atoms with Crippen LogP contribution in [0.5, 0.6) is 5.75 Å². The van der Waals surface area contributed by atoms with Gasteiger partial charge in [-0.3, -0.25) is 19.5 Å². The SMILES string of the molecule is CCn1c(SCc2cc([N+](=O)[O-])cc3c2OCOC3)nc2sc3c(c2c1=O)CCCC3. The highest BCUT2D eigenvalue weighted by molar-refractivity contribution is 7.98. The molecule has 0 N–H and O–H groups in total. The van der Waals surface area contributed by atoms with Crippen LogP contribution < -0.4 is 10.3 Å². The van der Waals surface area contributed by atoms with Gasteiger partial charge < -0.3 is 9.47 Å². The van der Waals surface area contributed by atoms with E-state index in [4.69, 9.17) is 14.5 Å². The summed E-state index contributed by atoms with van der Waals surface area (Å²) in [4.78, 5) is 31.2. The summed E-state index contributed by atoms with van der Waals surface area (Å²) in [5, 5.41) is 12.8. The predicted octanol–water partition coefficient (Wildman–Crippen LogP) is 4.42. The molecule has 8 nitrogen and oxygen atoms in total. The summed E-state index contributed by atoms with van der Waals surface area (Å²) in [6.45, 7) is 2.85. The number of hydrogen-bond acceptors (Lipinski definition) is 8. The van der Waals surface area contributed by atoms with Crippen LogP contribution in [-0.2, 0) is 36.5 Å². The van der Waals surface area contributed by atoms with Crippen LogP contribution >= 0.6 is 23.1 Å². The number of thiophene rings is 1. The normalized spacial score (nSPS) is 15.4. The van der Waals surface area contributed by atoms with Crippen LogP contribution in [0.25, 0.3) is 10.2 Å². The predicted molar refractivity (Wildman–Crippen MR) is 119 cm³/mol. The molecular weight excluding hydrogens is 438 g/mol. The average Bonchev–Trinajstić information content (AvgIpc) is 3.16. The van der Waals surface area contributed by atoms with E-state index < -0.39 is 4.92 Å². The summed E-state index contributed by atoms with van der Waals surface area (Å²) in [5.74, 6) is 1.04. The Kier molecular flexibility index (Phi) is 5.45. The Morgan fingerprint density at radius 3 is 2.97 bits per heavy atom. The van der Waals surface area contributed by atoms with E-state index in [1.165, 1.54) is 34.3 Å². The maximum Gasteiger partial charge on any atom is 0.270 e. The minimum absolute atomic E-state index is 0.00525. The Balaban J connectivity index is 1.54. The van der Waals surface area contributed by atoms with Gasteiger partial charge in [-0.25, -0.2) is 4.98 Å². The molecule has 0 fully saturated rings. The third kappa shape index (κ3) is 3.62. The second-order valence-electron chi connectivity index (χ2n) is 7.58. The fraction of sp³-hybridized carbons (Fsp3) is 0.429. The number of benzene rings is 1. The van der Waals surface area contributed by atoms with Gasteiger partial charge in [0.25, 0.3) is 11.2 Å². The molecule has 0 unspecified atom stereocenters. The van der Waals surface area contributed by atoms with Gasteiger partial charge >= 0.3 is 0 Å². The van der Waals surface area contributed by atoms with Crippen LogP contribution in [-0.4, -0.2) is 21.3 Å². The molecule has 0 bridgehead atoms. The second-order valence-corrected chi connectivity index (χ2v) is 9.61. The Morgan fingerprint density at radius 2 is 2.16 bits per heavy atom. The molecule has 0 saturated heterocycles. The number of nitrogens with zero attached hydrogens (tertiary/aromatic N) is 3. The number of thioether (sulfide) groups is 1. The summed E-state index contributed by atoms with van der Waals surface area (Å²) < 4.78 is 12.6. The number of fused-ring (bicyclic) bond motifs is 4. The molecule has 1 aliphatic heterocycles. The molecule has 162 valence electrons. The van der Waals surface area contributed by atoms with E-state index in [-0.39, 0.29) is 24.6 Å². The molecule has 5 rings (SSSR count). The number of aromatic nitrogens is 2. The first-order valence-electron chi connectivity index (χ1n) is 10.3. The smallest absolute Gasteiger partial charge is 0.270 e. The van der Waals surface area contributed by atoms with Gasteiger partial charge in [0.05, 0.1) is 16.9 Å². The lowest BCUT2D eigenvalue weighted by molar-refractivity contribution is -0.385.